The van der Waals surface area contributed by atoms with E-state index >= 15 is 0 Å². The summed E-state index contributed by atoms with van der Waals surface area (Å²) in [6.07, 6.45) is 9.86. The summed E-state index contributed by atoms with van der Waals surface area (Å²) in [6, 6.07) is 0. The van der Waals surface area contributed by atoms with Gasteiger partial charge in [-0.1, -0.05) is 20.8 Å². The Balaban J connectivity index is 1.53. The van der Waals surface area contributed by atoms with E-state index in [0.717, 1.165) is 51.4 Å². The molecule has 4 aliphatic rings. The predicted molar refractivity (Wildman–Crippen MR) is 104 cm³/mol. The molecule has 0 saturated heterocycles. The fourth-order valence-electron chi connectivity index (χ4n) is 8.20. The van der Waals surface area contributed by atoms with Gasteiger partial charge in [0.05, 0.1) is 11.7 Å². The van der Waals surface area contributed by atoms with Crippen molar-refractivity contribution < 1.29 is 24.0 Å². The molecule has 3 N–H and O–H groups in total. The van der Waals surface area contributed by atoms with E-state index < -0.39 is 13.4 Å². The van der Waals surface area contributed by atoms with Crippen molar-refractivity contribution in [2.45, 2.75) is 96.7 Å². The number of hydrogen-bond donors (Lipinski definition) is 3. The number of rotatable bonds is 3. The Hall–Kier alpha value is 0.0700. The maximum Gasteiger partial charge on any atom is 0.469 e. The number of phosphoric acid groups is 1. The van der Waals surface area contributed by atoms with Crippen LogP contribution in [0.1, 0.15) is 85.0 Å². The third kappa shape index (κ3) is 3.08. The maximum absolute atomic E-state index is 11.3. The van der Waals surface area contributed by atoms with Gasteiger partial charge in [0.1, 0.15) is 0 Å². The molecular formula is C21H37O5P. The van der Waals surface area contributed by atoms with Gasteiger partial charge in [0.25, 0.3) is 0 Å². The SMILES string of the molecule is CC[C@@]1(O)CC[C@H]2[C@@H]3CC[C@H]4C[C@H](OP(=O)(O)O)CC[C@]4(C)[C@H]3CC[C@@]21C. The molecule has 4 aliphatic carbocycles. The summed E-state index contributed by atoms with van der Waals surface area (Å²) in [5.41, 5.74) is -0.173. The molecule has 6 heteroatoms. The number of hydrogen-bond acceptors (Lipinski definition) is 3. The molecule has 4 saturated carbocycles. The van der Waals surface area contributed by atoms with Crippen LogP contribution in [0.15, 0.2) is 0 Å². The molecule has 0 amide bonds. The molecule has 156 valence electrons. The largest absolute Gasteiger partial charge is 0.469 e. The molecule has 0 heterocycles. The Kier molecular flexibility index (Phi) is 4.93. The quantitative estimate of drug-likeness (QED) is 0.601. The fourth-order valence-corrected chi connectivity index (χ4v) is 8.78. The zero-order chi connectivity index (χ0) is 19.7. The highest BCUT2D eigenvalue weighted by Crippen LogP contribution is 2.69. The molecule has 0 bridgehead atoms. The van der Waals surface area contributed by atoms with E-state index in [0.29, 0.717) is 23.7 Å². The minimum atomic E-state index is -4.40. The number of fused-ring (bicyclic) bond motifs is 5. The van der Waals surface area contributed by atoms with E-state index in [1.54, 1.807) is 0 Å². The average molecular weight is 400 g/mol. The van der Waals surface area contributed by atoms with Crippen LogP contribution in [0, 0.1) is 34.5 Å². The van der Waals surface area contributed by atoms with Crippen molar-refractivity contribution in [2.75, 3.05) is 0 Å². The van der Waals surface area contributed by atoms with Gasteiger partial charge >= 0.3 is 7.82 Å². The Bertz CT molecular complexity index is 634. The first kappa shape index (κ1) is 20.3. The third-order valence-electron chi connectivity index (χ3n) is 9.81. The molecule has 0 radical (unpaired) electrons. The van der Waals surface area contributed by atoms with Gasteiger partial charge in [0, 0.05) is 0 Å². The van der Waals surface area contributed by atoms with E-state index in [-0.39, 0.29) is 16.9 Å². The van der Waals surface area contributed by atoms with Crippen LogP contribution < -0.4 is 0 Å². The van der Waals surface area contributed by atoms with Crippen LogP contribution in [0.2, 0.25) is 0 Å². The van der Waals surface area contributed by atoms with Crippen LogP contribution in [0.4, 0.5) is 0 Å². The Morgan fingerprint density at radius 1 is 1.00 bits per heavy atom. The van der Waals surface area contributed by atoms with Crippen LogP contribution in [0.25, 0.3) is 0 Å². The van der Waals surface area contributed by atoms with Crippen LogP contribution in [0.3, 0.4) is 0 Å². The number of phosphoric ester groups is 1. The zero-order valence-electron chi connectivity index (χ0n) is 17.1. The first-order chi connectivity index (χ1) is 12.5. The first-order valence-corrected chi connectivity index (χ1v) is 12.5. The lowest BCUT2D eigenvalue weighted by molar-refractivity contribution is -0.158. The van der Waals surface area contributed by atoms with E-state index in [2.05, 4.69) is 20.8 Å². The van der Waals surface area contributed by atoms with Crippen molar-refractivity contribution in [1.29, 1.82) is 0 Å². The lowest BCUT2D eigenvalue weighted by atomic mass is 9.44. The van der Waals surface area contributed by atoms with Crippen LogP contribution in [-0.4, -0.2) is 26.6 Å². The van der Waals surface area contributed by atoms with Gasteiger partial charge in [-0.15, -0.1) is 0 Å². The van der Waals surface area contributed by atoms with Gasteiger partial charge in [-0.2, -0.15) is 0 Å². The molecular weight excluding hydrogens is 363 g/mol. The maximum atomic E-state index is 11.3. The van der Waals surface area contributed by atoms with E-state index in [1.807, 2.05) is 0 Å². The van der Waals surface area contributed by atoms with Crippen molar-refractivity contribution in [2.24, 2.45) is 34.5 Å². The second-order valence-electron chi connectivity index (χ2n) is 10.5. The highest BCUT2D eigenvalue weighted by molar-refractivity contribution is 7.46. The summed E-state index contributed by atoms with van der Waals surface area (Å²) in [5.74, 6) is 2.51. The van der Waals surface area contributed by atoms with E-state index in [4.69, 9.17) is 4.52 Å². The molecule has 0 aliphatic heterocycles. The molecule has 0 spiro atoms. The minimum absolute atomic E-state index is 0.0623. The summed E-state index contributed by atoms with van der Waals surface area (Å²) in [6.45, 7) is 6.93. The Morgan fingerprint density at radius 3 is 2.37 bits per heavy atom. The fraction of sp³-hybridized carbons (Fsp3) is 1.00. The molecule has 0 unspecified atom stereocenters. The molecule has 0 aromatic rings. The summed E-state index contributed by atoms with van der Waals surface area (Å²) >= 11 is 0. The standard InChI is InChI=1S/C21H37O5P/c1-4-21(22)12-9-18-16-6-5-14-13-15(26-27(23,24)25)7-10-19(14,2)17(16)8-11-20(18,21)3/h14-18,22H,4-13H2,1-3H3,(H2,23,24,25)/t14-,15+,16+,17-,18-,19-,20-,21+/m0/s1. The van der Waals surface area contributed by atoms with Crippen molar-refractivity contribution in [3.63, 3.8) is 0 Å². The van der Waals surface area contributed by atoms with Crippen molar-refractivity contribution in [1.82, 2.24) is 0 Å². The van der Waals surface area contributed by atoms with Gasteiger partial charge in [-0.25, -0.2) is 4.57 Å². The molecule has 0 aromatic heterocycles. The molecule has 4 fully saturated rings. The van der Waals surface area contributed by atoms with Gasteiger partial charge in [0.2, 0.25) is 0 Å². The molecule has 5 nitrogen and oxygen atoms in total. The van der Waals surface area contributed by atoms with Gasteiger partial charge in [-0.3, -0.25) is 4.52 Å². The molecule has 27 heavy (non-hydrogen) atoms. The first-order valence-electron chi connectivity index (χ1n) is 11.0. The lowest BCUT2D eigenvalue weighted by Crippen LogP contribution is -2.56. The zero-order valence-corrected chi connectivity index (χ0v) is 18.0. The average Bonchev–Trinajstić information content (AvgIpc) is 2.86. The molecule has 4 rings (SSSR count). The topological polar surface area (TPSA) is 87.0 Å². The molecule has 8 atom stereocenters. The molecule has 0 aromatic carbocycles. The van der Waals surface area contributed by atoms with E-state index in [1.165, 1.54) is 12.8 Å². The van der Waals surface area contributed by atoms with Crippen molar-refractivity contribution in [3.05, 3.63) is 0 Å². The smallest absolute Gasteiger partial charge is 0.389 e. The summed E-state index contributed by atoms with van der Waals surface area (Å²) < 4.78 is 16.3. The third-order valence-corrected chi connectivity index (χ3v) is 10.4. The van der Waals surface area contributed by atoms with E-state index in [9.17, 15) is 19.5 Å². The Labute approximate surface area is 163 Å². The lowest BCUT2D eigenvalue weighted by Gasteiger charge is -2.61. The number of aliphatic hydroxyl groups is 1. The predicted octanol–water partition coefficient (Wildman–Crippen LogP) is 4.65. The van der Waals surface area contributed by atoms with Gasteiger partial charge in [-0.05, 0) is 98.7 Å². The Morgan fingerprint density at radius 2 is 1.70 bits per heavy atom. The second-order valence-corrected chi connectivity index (χ2v) is 11.7. The summed E-state index contributed by atoms with van der Waals surface area (Å²) in [5, 5.41) is 11.3. The van der Waals surface area contributed by atoms with Gasteiger partial charge < -0.3 is 14.9 Å². The summed E-state index contributed by atoms with van der Waals surface area (Å²) in [7, 11) is -4.40. The van der Waals surface area contributed by atoms with Gasteiger partial charge in [0.15, 0.2) is 0 Å². The highest BCUT2D eigenvalue weighted by Gasteiger charge is 2.64. The van der Waals surface area contributed by atoms with Crippen molar-refractivity contribution in [3.8, 4) is 0 Å². The van der Waals surface area contributed by atoms with Crippen LogP contribution >= 0.6 is 7.82 Å². The second kappa shape index (κ2) is 6.54. The monoisotopic (exact) mass is 400 g/mol. The minimum Gasteiger partial charge on any atom is -0.389 e. The van der Waals surface area contributed by atoms with Crippen LogP contribution in [-0.2, 0) is 9.09 Å². The highest BCUT2D eigenvalue weighted by atomic mass is 31.2. The summed E-state index contributed by atoms with van der Waals surface area (Å²) in [4.78, 5) is 18.4. The van der Waals surface area contributed by atoms with Crippen LogP contribution in [0.5, 0.6) is 0 Å². The van der Waals surface area contributed by atoms with Crippen molar-refractivity contribution >= 4 is 7.82 Å². The normalized spacial score (nSPS) is 52.7.